The Balaban J connectivity index is 2.30. The highest BCUT2D eigenvalue weighted by molar-refractivity contribution is 14.1. The number of hydrogen-bond acceptors (Lipinski definition) is 2. The summed E-state index contributed by atoms with van der Waals surface area (Å²) in [4.78, 5) is 0. The van der Waals surface area contributed by atoms with Crippen molar-refractivity contribution in [2.24, 2.45) is 12.8 Å². The summed E-state index contributed by atoms with van der Waals surface area (Å²) < 4.78 is 3.88. The number of nitrogens with two attached hydrogens (primary N) is 1. The number of hydrogen-bond donors (Lipinski definition) is 1. The van der Waals surface area contributed by atoms with E-state index >= 15 is 0 Å². The van der Waals surface area contributed by atoms with Gasteiger partial charge in [0.2, 0.25) is 0 Å². The van der Waals surface area contributed by atoms with E-state index in [1.807, 2.05) is 20.0 Å². The third kappa shape index (κ3) is 3.32. The molecule has 2 N–H and O–H groups in total. The van der Waals surface area contributed by atoms with E-state index in [-0.39, 0.29) is 6.04 Å². The third-order valence-corrected chi connectivity index (χ3v) is 5.00. The van der Waals surface area contributed by atoms with Crippen molar-refractivity contribution in [1.82, 2.24) is 9.78 Å². The molecule has 0 bridgehead atoms. The van der Waals surface area contributed by atoms with Gasteiger partial charge in [-0.15, -0.1) is 0 Å². The van der Waals surface area contributed by atoms with Crippen LogP contribution in [0.25, 0.3) is 0 Å². The molecular weight excluding hydrogens is 440 g/mol. The molecule has 0 saturated heterocycles. The van der Waals surface area contributed by atoms with Crippen molar-refractivity contribution in [1.29, 1.82) is 0 Å². The molecule has 0 amide bonds. The summed E-state index contributed by atoms with van der Waals surface area (Å²) in [5.74, 6) is 0. The molecule has 0 aliphatic heterocycles. The van der Waals surface area contributed by atoms with Gasteiger partial charge in [-0.05, 0) is 59.7 Å². The smallest absolute Gasteiger partial charge is 0.130 e. The van der Waals surface area contributed by atoms with Gasteiger partial charge in [0.25, 0.3) is 0 Å². The number of aryl methyl sites for hydroxylation is 2. The average molecular weight is 455 g/mol. The van der Waals surface area contributed by atoms with Crippen LogP contribution in [0.1, 0.15) is 22.9 Å². The molecular formula is C13H14BrClIN3. The summed E-state index contributed by atoms with van der Waals surface area (Å²) in [6.07, 6.45) is 0.685. The molecule has 6 heteroatoms. The van der Waals surface area contributed by atoms with Gasteiger partial charge in [-0.25, -0.2) is 0 Å². The van der Waals surface area contributed by atoms with E-state index in [9.17, 15) is 0 Å². The summed E-state index contributed by atoms with van der Waals surface area (Å²) >= 11 is 12.0. The number of nitrogens with zero attached hydrogens (tertiary/aromatic N) is 2. The lowest BCUT2D eigenvalue weighted by atomic mass is 10.0. The molecule has 1 aromatic carbocycles. The molecule has 1 heterocycles. The SMILES string of the molecule is Cc1nn(C)c(Cl)c1CC(N)c1cc(Br)ccc1I. The van der Waals surface area contributed by atoms with Crippen molar-refractivity contribution < 1.29 is 0 Å². The Labute approximate surface area is 139 Å². The lowest BCUT2D eigenvalue weighted by molar-refractivity contribution is 0.714. The van der Waals surface area contributed by atoms with E-state index in [0.717, 1.165) is 24.9 Å². The van der Waals surface area contributed by atoms with Crippen molar-refractivity contribution >= 4 is 50.1 Å². The molecule has 0 saturated carbocycles. The number of benzene rings is 1. The maximum Gasteiger partial charge on any atom is 0.130 e. The predicted octanol–water partition coefficient (Wildman–Crippen LogP) is 3.99. The van der Waals surface area contributed by atoms with Crippen LogP contribution in [0.4, 0.5) is 0 Å². The molecule has 1 unspecified atom stereocenters. The molecule has 2 rings (SSSR count). The standard InChI is InChI=1S/C13H14BrClIN3/c1-7-9(13(15)19(2)18-7)6-12(17)10-5-8(14)3-4-11(10)16/h3-5,12H,6,17H2,1-2H3. The van der Waals surface area contributed by atoms with Gasteiger partial charge in [-0.2, -0.15) is 5.10 Å². The van der Waals surface area contributed by atoms with Gasteiger partial charge in [-0.3, -0.25) is 4.68 Å². The van der Waals surface area contributed by atoms with Crippen molar-refractivity contribution in [3.05, 3.63) is 48.2 Å². The topological polar surface area (TPSA) is 43.8 Å². The van der Waals surface area contributed by atoms with Crippen LogP contribution in [0, 0.1) is 10.5 Å². The fraction of sp³-hybridized carbons (Fsp3) is 0.308. The highest BCUT2D eigenvalue weighted by Gasteiger charge is 2.17. The van der Waals surface area contributed by atoms with Gasteiger partial charge in [0, 0.05) is 26.7 Å². The van der Waals surface area contributed by atoms with Crippen molar-refractivity contribution in [2.45, 2.75) is 19.4 Å². The molecule has 19 heavy (non-hydrogen) atoms. The second kappa shape index (κ2) is 6.11. The summed E-state index contributed by atoms with van der Waals surface area (Å²) in [7, 11) is 1.84. The van der Waals surface area contributed by atoms with Crippen LogP contribution in [0.5, 0.6) is 0 Å². The fourth-order valence-corrected chi connectivity index (χ4v) is 3.40. The fourth-order valence-electron chi connectivity index (χ4n) is 2.03. The number of halogens is 3. The molecule has 0 aliphatic carbocycles. The summed E-state index contributed by atoms with van der Waals surface area (Å²) in [5.41, 5.74) is 9.40. The highest BCUT2D eigenvalue weighted by atomic mass is 127. The van der Waals surface area contributed by atoms with Gasteiger partial charge in [0.05, 0.1) is 5.69 Å². The minimum atomic E-state index is -0.0928. The van der Waals surface area contributed by atoms with Crippen molar-refractivity contribution in [2.75, 3.05) is 0 Å². The second-order valence-corrected chi connectivity index (χ2v) is 6.89. The van der Waals surface area contributed by atoms with Crippen LogP contribution in [0.15, 0.2) is 22.7 Å². The third-order valence-electron chi connectivity index (χ3n) is 3.05. The van der Waals surface area contributed by atoms with Crippen LogP contribution in [-0.2, 0) is 13.5 Å². The summed E-state index contributed by atoms with van der Waals surface area (Å²) in [6.45, 7) is 1.96. The second-order valence-electron chi connectivity index (χ2n) is 4.45. The first-order valence-electron chi connectivity index (χ1n) is 5.78. The maximum atomic E-state index is 6.32. The van der Waals surface area contributed by atoms with E-state index in [2.05, 4.69) is 55.8 Å². The van der Waals surface area contributed by atoms with Gasteiger partial charge in [0.1, 0.15) is 5.15 Å². The summed E-state index contributed by atoms with van der Waals surface area (Å²) in [5, 5.41) is 4.98. The molecule has 3 nitrogen and oxygen atoms in total. The maximum absolute atomic E-state index is 6.32. The molecule has 102 valence electrons. The van der Waals surface area contributed by atoms with Gasteiger partial charge in [0.15, 0.2) is 0 Å². The van der Waals surface area contributed by atoms with Crippen LogP contribution in [0.2, 0.25) is 5.15 Å². The van der Waals surface area contributed by atoms with Crippen molar-refractivity contribution in [3.8, 4) is 0 Å². The Bertz CT molecular complexity index is 612. The van der Waals surface area contributed by atoms with Crippen molar-refractivity contribution in [3.63, 3.8) is 0 Å². The molecule has 1 aromatic heterocycles. The van der Waals surface area contributed by atoms with Gasteiger partial charge < -0.3 is 5.73 Å². The lowest BCUT2D eigenvalue weighted by Gasteiger charge is -2.14. The average Bonchev–Trinajstić information content (AvgIpc) is 2.59. The molecule has 0 aliphatic rings. The van der Waals surface area contributed by atoms with Crippen LogP contribution < -0.4 is 5.73 Å². The molecule has 2 aromatic rings. The lowest BCUT2D eigenvalue weighted by Crippen LogP contribution is -2.15. The van der Waals surface area contributed by atoms with Gasteiger partial charge in [-0.1, -0.05) is 27.5 Å². The normalized spacial score (nSPS) is 12.7. The first-order chi connectivity index (χ1) is 8.90. The van der Waals surface area contributed by atoms with Crippen LogP contribution >= 0.6 is 50.1 Å². The predicted molar refractivity (Wildman–Crippen MR) is 90.4 cm³/mol. The Hall–Kier alpha value is -0.110. The Kier molecular flexibility index (Phi) is 4.92. The number of rotatable bonds is 3. The Morgan fingerprint density at radius 1 is 1.53 bits per heavy atom. The van der Waals surface area contributed by atoms with E-state index < -0.39 is 0 Å². The molecule has 0 fully saturated rings. The van der Waals surface area contributed by atoms with Crippen LogP contribution in [0.3, 0.4) is 0 Å². The highest BCUT2D eigenvalue weighted by Crippen LogP contribution is 2.28. The molecule has 1 atom stereocenters. The quantitative estimate of drug-likeness (QED) is 0.713. The molecule has 0 spiro atoms. The first-order valence-corrected chi connectivity index (χ1v) is 8.03. The minimum Gasteiger partial charge on any atom is -0.324 e. The minimum absolute atomic E-state index is 0.0928. The van der Waals surface area contributed by atoms with E-state index in [1.165, 1.54) is 0 Å². The van der Waals surface area contributed by atoms with Crippen LogP contribution in [-0.4, -0.2) is 9.78 Å². The van der Waals surface area contributed by atoms with E-state index in [1.54, 1.807) is 4.68 Å². The zero-order chi connectivity index (χ0) is 14.2. The first kappa shape index (κ1) is 15.3. The number of aromatic nitrogens is 2. The molecule has 0 radical (unpaired) electrons. The zero-order valence-electron chi connectivity index (χ0n) is 10.6. The Morgan fingerprint density at radius 2 is 2.21 bits per heavy atom. The monoisotopic (exact) mass is 453 g/mol. The zero-order valence-corrected chi connectivity index (χ0v) is 15.1. The summed E-state index contributed by atoms with van der Waals surface area (Å²) in [6, 6.07) is 6.04. The van der Waals surface area contributed by atoms with E-state index in [4.69, 9.17) is 17.3 Å². The largest absolute Gasteiger partial charge is 0.324 e. The van der Waals surface area contributed by atoms with Gasteiger partial charge >= 0.3 is 0 Å². The van der Waals surface area contributed by atoms with E-state index in [0.29, 0.717) is 11.6 Å². The Morgan fingerprint density at radius 3 is 2.79 bits per heavy atom.